The summed E-state index contributed by atoms with van der Waals surface area (Å²) in [5, 5.41) is 0. The molecular formula is C28H35N3O3. The van der Waals surface area contributed by atoms with Crippen LogP contribution in [0.4, 0.5) is 0 Å². The fourth-order valence-corrected chi connectivity index (χ4v) is 4.78. The summed E-state index contributed by atoms with van der Waals surface area (Å²) in [6.07, 6.45) is 1.39. The van der Waals surface area contributed by atoms with Crippen molar-refractivity contribution in [2.75, 3.05) is 26.2 Å². The Morgan fingerprint density at radius 2 is 1.47 bits per heavy atom. The van der Waals surface area contributed by atoms with Gasteiger partial charge >= 0.3 is 11.8 Å². The average Bonchev–Trinajstić information content (AvgIpc) is 2.83. The third-order valence-electron chi connectivity index (χ3n) is 7.03. The smallest absolute Gasteiger partial charge is 0.312 e. The second-order valence-electron chi connectivity index (χ2n) is 10.6. The third kappa shape index (κ3) is 5.16. The van der Waals surface area contributed by atoms with Gasteiger partial charge in [0.1, 0.15) is 0 Å². The van der Waals surface area contributed by atoms with E-state index in [1.807, 2.05) is 60.4 Å². The zero-order valence-corrected chi connectivity index (χ0v) is 20.7. The number of amides is 3. The van der Waals surface area contributed by atoms with Crippen molar-refractivity contribution in [3.05, 3.63) is 70.8 Å². The summed E-state index contributed by atoms with van der Waals surface area (Å²) in [6.45, 7) is 11.2. The highest BCUT2D eigenvalue weighted by atomic mass is 16.2. The molecule has 4 rings (SSSR count). The topological polar surface area (TPSA) is 60.9 Å². The summed E-state index contributed by atoms with van der Waals surface area (Å²) in [6, 6.07) is 15.9. The maximum atomic E-state index is 13.0. The van der Waals surface area contributed by atoms with Gasteiger partial charge in [-0.25, -0.2) is 0 Å². The highest BCUT2D eigenvalue weighted by Gasteiger charge is 2.38. The molecule has 0 spiro atoms. The van der Waals surface area contributed by atoms with Crippen molar-refractivity contribution in [3.63, 3.8) is 0 Å². The maximum Gasteiger partial charge on any atom is 0.312 e. The minimum atomic E-state index is -0.427. The van der Waals surface area contributed by atoms with E-state index in [1.54, 1.807) is 9.80 Å². The molecule has 0 saturated carbocycles. The molecule has 2 aromatic rings. The number of likely N-dealkylation sites (tertiary alicyclic amines) is 1. The molecule has 0 aromatic heterocycles. The van der Waals surface area contributed by atoms with Crippen LogP contribution in [0.5, 0.6) is 0 Å². The fourth-order valence-electron chi connectivity index (χ4n) is 4.78. The Bertz CT molecular complexity index is 1050. The normalized spacial score (nSPS) is 17.9. The number of piperidine rings is 1. The van der Waals surface area contributed by atoms with Crippen LogP contribution >= 0.6 is 0 Å². The predicted octanol–water partition coefficient (Wildman–Crippen LogP) is 3.77. The van der Waals surface area contributed by atoms with E-state index in [0.717, 1.165) is 5.56 Å². The molecule has 2 aromatic carbocycles. The lowest BCUT2D eigenvalue weighted by molar-refractivity contribution is -0.158. The van der Waals surface area contributed by atoms with Crippen molar-refractivity contribution < 1.29 is 14.4 Å². The number of aryl methyl sites for hydroxylation is 1. The Balaban J connectivity index is 1.31. The number of benzene rings is 2. The summed E-state index contributed by atoms with van der Waals surface area (Å²) in [4.78, 5) is 43.9. The van der Waals surface area contributed by atoms with Crippen LogP contribution in [0.3, 0.4) is 0 Å². The molecule has 2 heterocycles. The standard InChI is InChI=1S/C28H35N3O3/c1-20-5-7-21(8-6-20)19-30-17-18-31(27(34)26(30)33)24-13-15-29(16-14-24)25(32)22-9-11-23(12-10-22)28(2,3)4/h5-12,24H,13-19H2,1-4H3. The summed E-state index contributed by atoms with van der Waals surface area (Å²) in [5.74, 6) is -0.811. The Morgan fingerprint density at radius 1 is 0.853 bits per heavy atom. The average molecular weight is 462 g/mol. The molecule has 180 valence electrons. The molecule has 34 heavy (non-hydrogen) atoms. The van der Waals surface area contributed by atoms with Crippen molar-refractivity contribution in [1.29, 1.82) is 0 Å². The maximum absolute atomic E-state index is 13.0. The van der Waals surface area contributed by atoms with Gasteiger partial charge in [-0.15, -0.1) is 0 Å². The second kappa shape index (κ2) is 9.61. The van der Waals surface area contributed by atoms with Crippen molar-refractivity contribution in [2.45, 2.75) is 58.5 Å². The van der Waals surface area contributed by atoms with Gasteiger partial charge in [-0.2, -0.15) is 0 Å². The third-order valence-corrected chi connectivity index (χ3v) is 7.03. The van der Waals surface area contributed by atoms with E-state index in [2.05, 4.69) is 20.8 Å². The zero-order valence-electron chi connectivity index (χ0n) is 20.7. The lowest BCUT2D eigenvalue weighted by atomic mass is 9.86. The van der Waals surface area contributed by atoms with Gasteiger partial charge in [0.2, 0.25) is 0 Å². The van der Waals surface area contributed by atoms with Gasteiger partial charge < -0.3 is 14.7 Å². The predicted molar refractivity (Wildman–Crippen MR) is 132 cm³/mol. The minimum Gasteiger partial charge on any atom is -0.338 e. The molecule has 2 fully saturated rings. The first-order chi connectivity index (χ1) is 16.1. The Labute approximate surface area is 202 Å². The summed E-state index contributed by atoms with van der Waals surface area (Å²) >= 11 is 0. The van der Waals surface area contributed by atoms with E-state index in [4.69, 9.17) is 0 Å². The highest BCUT2D eigenvalue weighted by molar-refractivity contribution is 6.35. The molecule has 0 aliphatic carbocycles. The molecule has 3 amide bonds. The first-order valence-electron chi connectivity index (χ1n) is 12.2. The Kier molecular flexibility index (Phi) is 6.78. The molecule has 0 N–H and O–H groups in total. The fraction of sp³-hybridized carbons (Fsp3) is 0.464. The van der Waals surface area contributed by atoms with Gasteiger partial charge in [-0.05, 0) is 48.4 Å². The van der Waals surface area contributed by atoms with E-state index < -0.39 is 11.8 Å². The van der Waals surface area contributed by atoms with Gasteiger partial charge in [0.05, 0.1) is 0 Å². The molecule has 0 radical (unpaired) electrons. The minimum absolute atomic E-state index is 0.00490. The van der Waals surface area contributed by atoms with Gasteiger partial charge in [-0.3, -0.25) is 14.4 Å². The van der Waals surface area contributed by atoms with E-state index in [-0.39, 0.29) is 17.4 Å². The van der Waals surface area contributed by atoms with Crippen molar-refractivity contribution >= 4 is 17.7 Å². The number of piperazine rings is 1. The van der Waals surface area contributed by atoms with Crippen molar-refractivity contribution in [1.82, 2.24) is 14.7 Å². The van der Waals surface area contributed by atoms with Crippen LogP contribution in [0, 0.1) is 6.92 Å². The first-order valence-corrected chi connectivity index (χ1v) is 12.2. The first kappa shape index (κ1) is 24.0. The molecule has 2 aliphatic rings. The molecular weight excluding hydrogens is 426 g/mol. The Hall–Kier alpha value is -3.15. The van der Waals surface area contributed by atoms with E-state index in [9.17, 15) is 14.4 Å². The van der Waals surface area contributed by atoms with E-state index in [1.165, 1.54) is 11.1 Å². The lowest BCUT2D eigenvalue weighted by Crippen LogP contribution is -2.59. The van der Waals surface area contributed by atoms with E-state index >= 15 is 0 Å². The second-order valence-corrected chi connectivity index (χ2v) is 10.6. The van der Waals surface area contributed by atoms with Gasteiger partial charge in [0, 0.05) is 44.3 Å². The van der Waals surface area contributed by atoms with Crippen LogP contribution in [0.15, 0.2) is 48.5 Å². The molecule has 0 bridgehead atoms. The van der Waals surface area contributed by atoms with Crippen LogP contribution in [0.2, 0.25) is 0 Å². The monoisotopic (exact) mass is 461 g/mol. The number of hydrogen-bond donors (Lipinski definition) is 0. The summed E-state index contributed by atoms with van der Waals surface area (Å²) < 4.78 is 0. The van der Waals surface area contributed by atoms with Crippen LogP contribution in [0.1, 0.15) is 60.7 Å². The van der Waals surface area contributed by atoms with Crippen LogP contribution in [-0.2, 0) is 21.5 Å². The highest BCUT2D eigenvalue weighted by Crippen LogP contribution is 2.24. The molecule has 2 aliphatic heterocycles. The molecule has 6 heteroatoms. The Morgan fingerprint density at radius 3 is 2.06 bits per heavy atom. The van der Waals surface area contributed by atoms with Crippen molar-refractivity contribution in [2.24, 2.45) is 0 Å². The quantitative estimate of drug-likeness (QED) is 0.652. The number of carbonyl (C=O) groups is 3. The number of hydrogen-bond acceptors (Lipinski definition) is 3. The number of carbonyl (C=O) groups excluding carboxylic acids is 3. The van der Waals surface area contributed by atoms with Crippen LogP contribution in [0.25, 0.3) is 0 Å². The summed E-state index contributed by atoms with van der Waals surface area (Å²) in [7, 11) is 0. The zero-order chi connectivity index (χ0) is 24.5. The lowest BCUT2D eigenvalue weighted by Gasteiger charge is -2.42. The molecule has 0 unspecified atom stereocenters. The van der Waals surface area contributed by atoms with E-state index in [0.29, 0.717) is 51.1 Å². The van der Waals surface area contributed by atoms with Crippen LogP contribution in [-0.4, -0.2) is 64.6 Å². The van der Waals surface area contributed by atoms with Gasteiger partial charge in [0.25, 0.3) is 5.91 Å². The summed E-state index contributed by atoms with van der Waals surface area (Å²) in [5.41, 5.74) is 4.15. The SMILES string of the molecule is Cc1ccc(CN2CCN(C3CCN(C(=O)c4ccc(C(C)(C)C)cc4)CC3)C(=O)C2=O)cc1. The van der Waals surface area contributed by atoms with Crippen molar-refractivity contribution in [3.8, 4) is 0 Å². The molecule has 0 atom stereocenters. The largest absolute Gasteiger partial charge is 0.338 e. The molecule has 2 saturated heterocycles. The van der Waals surface area contributed by atoms with Crippen LogP contribution < -0.4 is 0 Å². The number of nitrogens with zero attached hydrogens (tertiary/aromatic N) is 3. The van der Waals surface area contributed by atoms with Gasteiger partial charge in [0.15, 0.2) is 0 Å². The van der Waals surface area contributed by atoms with Gasteiger partial charge in [-0.1, -0.05) is 62.7 Å². The number of rotatable bonds is 4. The molecule has 6 nitrogen and oxygen atoms in total.